The zero-order valence-corrected chi connectivity index (χ0v) is 10.5. The molecule has 2 rings (SSSR count). The molecule has 17 heavy (non-hydrogen) atoms. The summed E-state index contributed by atoms with van der Waals surface area (Å²) in [5.74, 6) is 0.475. The van der Waals surface area contributed by atoms with Gasteiger partial charge < -0.3 is 9.64 Å². The second kappa shape index (κ2) is 5.52. The molecule has 96 valence electrons. The highest BCUT2D eigenvalue weighted by Crippen LogP contribution is 2.31. The third-order valence-corrected chi connectivity index (χ3v) is 3.82. The number of hydrogen-bond acceptors (Lipinski definition) is 3. The van der Waals surface area contributed by atoms with E-state index in [2.05, 4.69) is 0 Å². The van der Waals surface area contributed by atoms with E-state index in [9.17, 15) is 9.59 Å². The maximum atomic E-state index is 12.1. The van der Waals surface area contributed by atoms with Crippen molar-refractivity contribution in [3.63, 3.8) is 0 Å². The van der Waals surface area contributed by atoms with Crippen molar-refractivity contribution in [2.75, 3.05) is 13.2 Å². The van der Waals surface area contributed by atoms with Gasteiger partial charge in [0.25, 0.3) is 0 Å². The molecule has 1 saturated heterocycles. The molecule has 1 saturated carbocycles. The average molecular weight is 239 g/mol. The summed E-state index contributed by atoms with van der Waals surface area (Å²) in [6.45, 7) is 2.91. The number of ether oxygens (including phenoxy) is 1. The van der Waals surface area contributed by atoms with E-state index >= 15 is 0 Å². The Hall–Kier alpha value is -1.06. The van der Waals surface area contributed by atoms with Crippen molar-refractivity contribution in [1.82, 2.24) is 4.90 Å². The van der Waals surface area contributed by atoms with Crippen LogP contribution in [-0.2, 0) is 14.3 Å². The van der Waals surface area contributed by atoms with Gasteiger partial charge in [-0.05, 0) is 38.5 Å². The molecule has 1 aliphatic carbocycles. The van der Waals surface area contributed by atoms with Crippen LogP contribution >= 0.6 is 0 Å². The highest BCUT2D eigenvalue weighted by atomic mass is 16.5. The molecule has 0 aromatic heterocycles. The number of carbonyl (C=O) groups excluding carboxylic acids is 2. The summed E-state index contributed by atoms with van der Waals surface area (Å²) in [5, 5.41) is 0. The molecule has 0 radical (unpaired) electrons. The molecule has 0 spiro atoms. The van der Waals surface area contributed by atoms with Gasteiger partial charge in [0.2, 0.25) is 5.91 Å². The molecule has 0 bridgehead atoms. The Balaban J connectivity index is 1.88. The summed E-state index contributed by atoms with van der Waals surface area (Å²) in [6, 6.07) is -0.317. The zero-order chi connectivity index (χ0) is 12.3. The van der Waals surface area contributed by atoms with Gasteiger partial charge in [0.1, 0.15) is 6.04 Å². The van der Waals surface area contributed by atoms with Gasteiger partial charge in [-0.2, -0.15) is 0 Å². The Morgan fingerprint density at radius 2 is 2.00 bits per heavy atom. The number of amides is 1. The van der Waals surface area contributed by atoms with Crippen molar-refractivity contribution in [1.29, 1.82) is 0 Å². The fraction of sp³-hybridized carbons (Fsp3) is 0.846. The van der Waals surface area contributed by atoms with Gasteiger partial charge in [0, 0.05) is 13.0 Å². The quantitative estimate of drug-likeness (QED) is 0.702. The second-order valence-corrected chi connectivity index (χ2v) is 5.00. The highest BCUT2D eigenvalue weighted by molar-refractivity contribution is 5.85. The zero-order valence-electron chi connectivity index (χ0n) is 10.5. The minimum atomic E-state index is -0.317. The number of esters is 1. The van der Waals surface area contributed by atoms with Crippen molar-refractivity contribution >= 4 is 11.9 Å². The Kier molecular flexibility index (Phi) is 4.02. The predicted molar refractivity (Wildman–Crippen MR) is 63.3 cm³/mol. The predicted octanol–water partition coefficient (Wildman–Crippen LogP) is 1.73. The second-order valence-electron chi connectivity index (χ2n) is 5.00. The Morgan fingerprint density at radius 3 is 2.59 bits per heavy atom. The van der Waals surface area contributed by atoms with Crippen molar-refractivity contribution < 1.29 is 14.3 Å². The van der Waals surface area contributed by atoms with Gasteiger partial charge in [0.05, 0.1) is 6.61 Å². The molecular formula is C13H21NO3. The van der Waals surface area contributed by atoms with Crippen LogP contribution in [0.15, 0.2) is 0 Å². The number of rotatable bonds is 4. The molecule has 2 fully saturated rings. The lowest BCUT2D eigenvalue weighted by molar-refractivity contribution is -0.153. The fourth-order valence-electron chi connectivity index (χ4n) is 2.61. The number of carbonyl (C=O) groups is 2. The van der Waals surface area contributed by atoms with Gasteiger partial charge in [-0.3, -0.25) is 4.79 Å². The standard InChI is InChI=1S/C13H21NO3/c1-2-17-13(16)11-7-4-8-14(11)12(15)9-10-5-3-6-10/h10-11H,2-9H2,1H3. The minimum Gasteiger partial charge on any atom is -0.464 e. The molecule has 1 heterocycles. The van der Waals surface area contributed by atoms with E-state index in [-0.39, 0.29) is 17.9 Å². The van der Waals surface area contributed by atoms with Crippen LogP contribution in [0.2, 0.25) is 0 Å². The van der Waals surface area contributed by atoms with Crippen LogP contribution in [0.1, 0.15) is 45.4 Å². The number of nitrogens with zero attached hydrogens (tertiary/aromatic N) is 1. The van der Waals surface area contributed by atoms with Crippen LogP contribution in [0.5, 0.6) is 0 Å². The maximum Gasteiger partial charge on any atom is 0.328 e. The van der Waals surface area contributed by atoms with Gasteiger partial charge >= 0.3 is 5.97 Å². The topological polar surface area (TPSA) is 46.6 Å². The average Bonchev–Trinajstić information content (AvgIpc) is 2.72. The van der Waals surface area contributed by atoms with Crippen molar-refractivity contribution in [3.8, 4) is 0 Å². The normalized spacial score (nSPS) is 24.5. The summed E-state index contributed by atoms with van der Waals surface area (Å²) in [6.07, 6.45) is 5.89. The van der Waals surface area contributed by atoms with E-state index in [0.29, 0.717) is 18.9 Å². The third-order valence-electron chi connectivity index (χ3n) is 3.82. The molecule has 4 heteroatoms. The molecule has 2 aliphatic rings. The molecule has 4 nitrogen and oxygen atoms in total. The Bertz CT molecular complexity index is 299. The summed E-state index contributed by atoms with van der Waals surface area (Å²) in [4.78, 5) is 25.5. The first kappa shape index (κ1) is 12.4. The number of hydrogen-bond donors (Lipinski definition) is 0. The first-order valence-electron chi connectivity index (χ1n) is 6.68. The molecule has 0 N–H and O–H groups in total. The minimum absolute atomic E-state index is 0.144. The van der Waals surface area contributed by atoms with E-state index in [4.69, 9.17) is 4.74 Å². The number of likely N-dealkylation sites (tertiary alicyclic amines) is 1. The molecule has 1 unspecified atom stereocenters. The molecule has 0 aromatic carbocycles. The van der Waals surface area contributed by atoms with Gasteiger partial charge in [0.15, 0.2) is 0 Å². The Labute approximate surface area is 102 Å². The van der Waals surface area contributed by atoms with Crippen molar-refractivity contribution in [2.24, 2.45) is 5.92 Å². The van der Waals surface area contributed by atoms with Crippen molar-refractivity contribution in [2.45, 2.75) is 51.5 Å². The van der Waals surface area contributed by atoms with Crippen molar-refractivity contribution in [3.05, 3.63) is 0 Å². The maximum absolute atomic E-state index is 12.1. The molecule has 1 atom stereocenters. The largest absolute Gasteiger partial charge is 0.464 e. The third kappa shape index (κ3) is 2.79. The highest BCUT2D eigenvalue weighted by Gasteiger charge is 2.36. The lowest BCUT2D eigenvalue weighted by Gasteiger charge is -2.29. The SMILES string of the molecule is CCOC(=O)C1CCCN1C(=O)CC1CCC1. The molecular weight excluding hydrogens is 218 g/mol. The van der Waals surface area contributed by atoms with Crippen LogP contribution < -0.4 is 0 Å². The molecule has 1 amide bonds. The molecule has 0 aromatic rings. The summed E-state index contributed by atoms with van der Waals surface area (Å²) in [7, 11) is 0. The van der Waals surface area contributed by atoms with Crippen LogP contribution in [0.3, 0.4) is 0 Å². The first-order chi connectivity index (χ1) is 8.22. The summed E-state index contributed by atoms with van der Waals surface area (Å²) in [5.41, 5.74) is 0. The smallest absolute Gasteiger partial charge is 0.328 e. The van der Waals surface area contributed by atoms with Crippen LogP contribution in [-0.4, -0.2) is 36.0 Å². The first-order valence-corrected chi connectivity index (χ1v) is 6.68. The van der Waals surface area contributed by atoms with Gasteiger partial charge in [-0.15, -0.1) is 0 Å². The van der Waals surface area contributed by atoms with Crippen LogP contribution in [0.25, 0.3) is 0 Å². The van der Waals surface area contributed by atoms with Crippen LogP contribution in [0, 0.1) is 5.92 Å². The fourth-order valence-corrected chi connectivity index (χ4v) is 2.61. The van der Waals surface area contributed by atoms with Crippen LogP contribution in [0.4, 0.5) is 0 Å². The van der Waals surface area contributed by atoms with Gasteiger partial charge in [-0.25, -0.2) is 4.79 Å². The Morgan fingerprint density at radius 1 is 1.24 bits per heavy atom. The summed E-state index contributed by atoms with van der Waals surface area (Å²) >= 11 is 0. The van der Waals surface area contributed by atoms with Gasteiger partial charge in [-0.1, -0.05) is 6.42 Å². The monoisotopic (exact) mass is 239 g/mol. The van der Waals surface area contributed by atoms with E-state index in [1.807, 2.05) is 0 Å². The van der Waals surface area contributed by atoms with E-state index in [0.717, 1.165) is 19.4 Å². The molecule has 1 aliphatic heterocycles. The van der Waals surface area contributed by atoms with E-state index < -0.39 is 0 Å². The lowest BCUT2D eigenvalue weighted by Crippen LogP contribution is -2.42. The van der Waals surface area contributed by atoms with E-state index in [1.165, 1.54) is 19.3 Å². The summed E-state index contributed by atoms with van der Waals surface area (Å²) < 4.78 is 5.02. The lowest BCUT2D eigenvalue weighted by atomic mass is 9.82. The van der Waals surface area contributed by atoms with E-state index in [1.54, 1.807) is 11.8 Å².